The number of urea groups is 1. The molecule has 6 nitrogen and oxygen atoms in total. The normalized spacial score (nSPS) is 13.5. The number of nitrogens with one attached hydrogen (secondary N) is 2. The minimum Gasteiger partial charge on any atom is -0.394 e. The number of nitrogens with zero attached hydrogens (tertiary/aromatic N) is 2. The van der Waals surface area contributed by atoms with E-state index in [1.165, 1.54) is 0 Å². The van der Waals surface area contributed by atoms with Crippen LogP contribution in [-0.2, 0) is 7.05 Å². The van der Waals surface area contributed by atoms with E-state index in [4.69, 9.17) is 0 Å². The van der Waals surface area contributed by atoms with Crippen LogP contribution in [0.25, 0.3) is 11.4 Å². The van der Waals surface area contributed by atoms with Crippen molar-refractivity contribution in [2.75, 3.05) is 11.9 Å². The lowest BCUT2D eigenvalue weighted by atomic mass is 10.0. The Labute approximate surface area is 130 Å². The van der Waals surface area contributed by atoms with Gasteiger partial charge in [-0.25, -0.2) is 9.78 Å². The lowest BCUT2D eigenvalue weighted by molar-refractivity contribution is 0.172. The number of carbonyl (C=O) groups excluding carboxylic acids is 1. The van der Waals surface area contributed by atoms with Gasteiger partial charge in [-0.15, -0.1) is 0 Å². The summed E-state index contributed by atoms with van der Waals surface area (Å²) in [4.78, 5) is 16.4. The summed E-state index contributed by atoms with van der Waals surface area (Å²) in [5, 5.41) is 14.9. The maximum Gasteiger partial charge on any atom is 0.319 e. The Morgan fingerprint density at radius 1 is 1.45 bits per heavy atom. The second-order valence-electron chi connectivity index (χ2n) is 5.59. The van der Waals surface area contributed by atoms with Gasteiger partial charge in [0.15, 0.2) is 0 Å². The monoisotopic (exact) mass is 302 g/mol. The minimum atomic E-state index is -0.624. The first-order valence-corrected chi connectivity index (χ1v) is 7.25. The molecule has 22 heavy (non-hydrogen) atoms. The van der Waals surface area contributed by atoms with Gasteiger partial charge in [-0.2, -0.15) is 0 Å². The first-order valence-electron chi connectivity index (χ1n) is 7.25. The number of rotatable bonds is 5. The molecule has 0 bridgehead atoms. The molecule has 0 saturated heterocycles. The van der Waals surface area contributed by atoms with Crippen molar-refractivity contribution in [3.8, 4) is 11.4 Å². The predicted octanol–water partition coefficient (Wildman–Crippen LogP) is 2.37. The number of aliphatic hydroxyl groups is 1. The minimum absolute atomic E-state index is 0.107. The van der Waals surface area contributed by atoms with Crippen LogP contribution in [0.2, 0.25) is 0 Å². The van der Waals surface area contributed by atoms with Crippen LogP contribution in [0.5, 0.6) is 0 Å². The molecule has 1 aromatic carbocycles. The zero-order chi connectivity index (χ0) is 16.2. The molecular weight excluding hydrogens is 280 g/mol. The van der Waals surface area contributed by atoms with Gasteiger partial charge in [-0.05, 0) is 25.5 Å². The Hall–Kier alpha value is -2.34. The summed E-state index contributed by atoms with van der Waals surface area (Å²) >= 11 is 0. The molecule has 2 rings (SSSR count). The van der Waals surface area contributed by atoms with Gasteiger partial charge in [-0.3, -0.25) is 0 Å². The third-order valence-electron chi connectivity index (χ3n) is 3.74. The van der Waals surface area contributed by atoms with Gasteiger partial charge in [0, 0.05) is 30.7 Å². The van der Waals surface area contributed by atoms with Crippen LogP contribution >= 0.6 is 0 Å². The van der Waals surface area contributed by atoms with Gasteiger partial charge in [0.2, 0.25) is 0 Å². The molecule has 118 valence electrons. The van der Waals surface area contributed by atoms with Crippen LogP contribution in [-0.4, -0.2) is 32.8 Å². The van der Waals surface area contributed by atoms with Crippen LogP contribution < -0.4 is 10.6 Å². The fraction of sp³-hybridized carbons (Fsp3) is 0.375. The quantitative estimate of drug-likeness (QED) is 0.793. The second-order valence-corrected chi connectivity index (χ2v) is 5.59. The summed E-state index contributed by atoms with van der Waals surface area (Å²) < 4.78 is 1.92. The summed E-state index contributed by atoms with van der Waals surface area (Å²) in [5.74, 6) is 0.831. The maximum atomic E-state index is 12.1. The fourth-order valence-electron chi connectivity index (χ4n) is 2.06. The van der Waals surface area contributed by atoms with Crippen molar-refractivity contribution in [1.29, 1.82) is 0 Å². The molecule has 1 atom stereocenters. The molecule has 0 aliphatic heterocycles. The van der Waals surface area contributed by atoms with E-state index in [-0.39, 0.29) is 12.6 Å². The number of carbonyl (C=O) groups is 1. The van der Waals surface area contributed by atoms with Crippen LogP contribution in [0.15, 0.2) is 36.7 Å². The fourth-order valence-corrected chi connectivity index (χ4v) is 2.06. The average molecular weight is 302 g/mol. The summed E-state index contributed by atoms with van der Waals surface area (Å²) in [5.41, 5.74) is 0.974. The second kappa shape index (κ2) is 6.62. The highest BCUT2D eigenvalue weighted by molar-refractivity contribution is 5.90. The third-order valence-corrected chi connectivity index (χ3v) is 3.74. The highest BCUT2D eigenvalue weighted by Gasteiger charge is 2.23. The van der Waals surface area contributed by atoms with Gasteiger partial charge < -0.3 is 20.3 Å². The van der Waals surface area contributed by atoms with Crippen molar-refractivity contribution in [1.82, 2.24) is 14.9 Å². The highest BCUT2D eigenvalue weighted by atomic mass is 16.3. The average Bonchev–Trinajstić information content (AvgIpc) is 2.93. The van der Waals surface area contributed by atoms with Crippen molar-refractivity contribution in [3.63, 3.8) is 0 Å². The number of aryl methyl sites for hydroxylation is 1. The Morgan fingerprint density at radius 3 is 2.82 bits per heavy atom. The number of amides is 2. The molecule has 0 saturated carbocycles. The number of hydrogen-bond donors (Lipinski definition) is 3. The lowest BCUT2D eigenvalue weighted by Crippen LogP contribution is -2.50. The SMILES string of the molecule is CCC(C)(CO)NC(=O)Nc1cccc(-c2nccn2C)c1. The zero-order valence-corrected chi connectivity index (χ0v) is 13.1. The van der Waals surface area contributed by atoms with E-state index in [1.807, 2.05) is 49.0 Å². The molecule has 0 fully saturated rings. The van der Waals surface area contributed by atoms with Crippen molar-refractivity contribution in [2.45, 2.75) is 25.8 Å². The molecule has 2 amide bonds. The van der Waals surface area contributed by atoms with E-state index in [0.29, 0.717) is 12.1 Å². The third kappa shape index (κ3) is 3.65. The molecule has 0 spiro atoms. The molecule has 6 heteroatoms. The Balaban J connectivity index is 2.11. The van der Waals surface area contributed by atoms with Gasteiger partial charge in [0.25, 0.3) is 0 Å². The Morgan fingerprint density at radius 2 is 2.23 bits per heavy atom. The van der Waals surface area contributed by atoms with Crippen molar-refractivity contribution < 1.29 is 9.90 Å². The molecule has 0 aliphatic carbocycles. The number of imidazole rings is 1. The molecule has 0 aliphatic rings. The first kappa shape index (κ1) is 16.0. The largest absolute Gasteiger partial charge is 0.394 e. The van der Waals surface area contributed by atoms with Gasteiger partial charge in [-0.1, -0.05) is 19.1 Å². The van der Waals surface area contributed by atoms with Gasteiger partial charge in [0.1, 0.15) is 5.82 Å². The topological polar surface area (TPSA) is 79.2 Å². The van der Waals surface area contributed by atoms with E-state index in [0.717, 1.165) is 11.4 Å². The lowest BCUT2D eigenvalue weighted by Gasteiger charge is -2.27. The first-order chi connectivity index (χ1) is 10.5. The maximum absolute atomic E-state index is 12.1. The van der Waals surface area contributed by atoms with E-state index < -0.39 is 5.54 Å². The molecule has 3 N–H and O–H groups in total. The molecule has 1 heterocycles. The van der Waals surface area contributed by atoms with Gasteiger partial charge >= 0.3 is 6.03 Å². The van der Waals surface area contributed by atoms with Crippen LogP contribution in [0, 0.1) is 0 Å². The predicted molar refractivity (Wildman–Crippen MR) is 86.6 cm³/mol. The standard InChI is InChI=1S/C16H22N4O2/c1-4-16(2,11-21)19-15(22)18-13-7-5-6-12(10-13)14-17-8-9-20(14)3/h5-10,21H,4,11H2,1-3H3,(H2,18,19,22). The van der Waals surface area contributed by atoms with Gasteiger partial charge in [0.05, 0.1) is 12.1 Å². The molecule has 1 aromatic heterocycles. The Bertz CT molecular complexity index is 647. The van der Waals surface area contributed by atoms with E-state index in [9.17, 15) is 9.90 Å². The van der Waals surface area contributed by atoms with Crippen molar-refractivity contribution in [2.24, 2.45) is 7.05 Å². The molecule has 1 unspecified atom stereocenters. The number of hydrogen-bond acceptors (Lipinski definition) is 3. The van der Waals surface area contributed by atoms with Crippen LogP contribution in [0.1, 0.15) is 20.3 Å². The van der Waals surface area contributed by atoms with E-state index >= 15 is 0 Å². The molecule has 2 aromatic rings. The number of anilines is 1. The molecule has 0 radical (unpaired) electrons. The Kier molecular flexibility index (Phi) is 4.82. The highest BCUT2D eigenvalue weighted by Crippen LogP contribution is 2.20. The zero-order valence-electron chi connectivity index (χ0n) is 13.1. The van der Waals surface area contributed by atoms with E-state index in [1.54, 1.807) is 13.1 Å². The van der Waals surface area contributed by atoms with Crippen molar-refractivity contribution in [3.05, 3.63) is 36.7 Å². The molecular formula is C16H22N4O2. The van der Waals surface area contributed by atoms with E-state index in [2.05, 4.69) is 15.6 Å². The summed E-state index contributed by atoms with van der Waals surface area (Å²) in [6.45, 7) is 3.61. The number of aliphatic hydroxyl groups excluding tert-OH is 1. The van der Waals surface area contributed by atoms with Crippen LogP contribution in [0.4, 0.5) is 10.5 Å². The van der Waals surface area contributed by atoms with Crippen molar-refractivity contribution >= 4 is 11.7 Å². The summed E-state index contributed by atoms with van der Waals surface area (Å²) in [7, 11) is 1.92. The smallest absolute Gasteiger partial charge is 0.319 e. The summed E-state index contributed by atoms with van der Waals surface area (Å²) in [6.07, 6.45) is 4.25. The van der Waals surface area contributed by atoms with Crippen LogP contribution in [0.3, 0.4) is 0 Å². The summed E-state index contributed by atoms with van der Waals surface area (Å²) in [6, 6.07) is 7.15. The number of benzene rings is 1. The number of aromatic nitrogens is 2.